The molecule has 0 atom stereocenters. The number of para-hydroxylation sites is 2. The number of nitro groups is 1. The lowest BCUT2D eigenvalue weighted by atomic mass is 10.2. The third kappa shape index (κ3) is 7.19. The summed E-state index contributed by atoms with van der Waals surface area (Å²) in [6, 6.07) is 6.12. The van der Waals surface area contributed by atoms with Gasteiger partial charge in [0.25, 0.3) is 0 Å². The number of hydrogen-bond acceptors (Lipinski definition) is 6. The van der Waals surface area contributed by atoms with E-state index in [1.54, 1.807) is 24.0 Å². The van der Waals surface area contributed by atoms with E-state index in [0.29, 0.717) is 26.1 Å². The normalized spacial score (nSPS) is 10.2. The third-order valence-corrected chi connectivity index (χ3v) is 3.48. The molecular formula is C17H24N2O6. The Hall–Kier alpha value is -2.64. The first-order valence-corrected chi connectivity index (χ1v) is 8.29. The summed E-state index contributed by atoms with van der Waals surface area (Å²) in [7, 11) is 0. The van der Waals surface area contributed by atoms with Crippen molar-refractivity contribution in [2.45, 2.75) is 33.1 Å². The van der Waals surface area contributed by atoms with E-state index < -0.39 is 4.92 Å². The topological polar surface area (TPSA) is 99.0 Å². The summed E-state index contributed by atoms with van der Waals surface area (Å²) in [6.45, 7) is 4.92. The summed E-state index contributed by atoms with van der Waals surface area (Å²) in [4.78, 5) is 35.5. The summed E-state index contributed by atoms with van der Waals surface area (Å²) >= 11 is 0. The van der Waals surface area contributed by atoms with E-state index in [2.05, 4.69) is 0 Å². The Morgan fingerprint density at radius 3 is 2.56 bits per heavy atom. The maximum absolute atomic E-state index is 12.1. The van der Waals surface area contributed by atoms with Crippen molar-refractivity contribution in [3.8, 4) is 5.75 Å². The first kappa shape index (κ1) is 20.4. The predicted octanol–water partition coefficient (Wildman–Crippen LogP) is 2.56. The average molecular weight is 352 g/mol. The van der Waals surface area contributed by atoms with Crippen molar-refractivity contribution in [2.24, 2.45) is 0 Å². The summed E-state index contributed by atoms with van der Waals surface area (Å²) < 4.78 is 10.2. The summed E-state index contributed by atoms with van der Waals surface area (Å²) in [5.41, 5.74) is -0.0987. The van der Waals surface area contributed by atoms with Gasteiger partial charge in [-0.25, -0.2) is 0 Å². The molecule has 0 fully saturated rings. The molecule has 0 aromatic heterocycles. The molecule has 1 rings (SSSR count). The first-order chi connectivity index (χ1) is 12.0. The lowest BCUT2D eigenvalue weighted by Crippen LogP contribution is -2.33. The van der Waals surface area contributed by atoms with Crippen molar-refractivity contribution >= 4 is 17.6 Å². The number of carbonyl (C=O) groups excluding carboxylic acids is 2. The van der Waals surface area contributed by atoms with E-state index in [4.69, 9.17) is 9.47 Å². The Labute approximate surface area is 146 Å². The smallest absolute Gasteiger partial charge is 0.310 e. The van der Waals surface area contributed by atoms with Gasteiger partial charge in [0.2, 0.25) is 5.91 Å². The highest BCUT2D eigenvalue weighted by molar-refractivity contribution is 5.77. The second-order valence-electron chi connectivity index (χ2n) is 5.21. The monoisotopic (exact) mass is 352 g/mol. The Kier molecular flexibility index (Phi) is 8.99. The average Bonchev–Trinajstić information content (AvgIpc) is 2.59. The second kappa shape index (κ2) is 11.0. The summed E-state index contributed by atoms with van der Waals surface area (Å²) in [5, 5.41) is 10.9. The molecule has 0 aliphatic rings. The van der Waals surface area contributed by atoms with Gasteiger partial charge in [-0.3, -0.25) is 19.7 Å². The highest BCUT2D eigenvalue weighted by Crippen LogP contribution is 2.25. The minimum absolute atomic E-state index is 0.0852. The van der Waals surface area contributed by atoms with Crippen LogP contribution in [-0.2, 0) is 14.3 Å². The van der Waals surface area contributed by atoms with E-state index in [1.165, 1.54) is 12.1 Å². The van der Waals surface area contributed by atoms with Crippen LogP contribution in [0.4, 0.5) is 5.69 Å². The van der Waals surface area contributed by atoms with Gasteiger partial charge in [0.15, 0.2) is 5.75 Å². The SMILES string of the molecule is CCOC(=O)CCN(CC)C(=O)CCCOc1ccccc1[N+](=O)[O-]. The zero-order valence-electron chi connectivity index (χ0n) is 14.6. The second-order valence-corrected chi connectivity index (χ2v) is 5.21. The van der Waals surface area contributed by atoms with Crippen molar-refractivity contribution < 1.29 is 24.0 Å². The van der Waals surface area contributed by atoms with E-state index >= 15 is 0 Å². The van der Waals surface area contributed by atoms with Crippen LogP contribution in [0.2, 0.25) is 0 Å². The van der Waals surface area contributed by atoms with Crippen LogP contribution in [0, 0.1) is 10.1 Å². The molecule has 1 amide bonds. The van der Waals surface area contributed by atoms with Gasteiger partial charge in [-0.2, -0.15) is 0 Å². The highest BCUT2D eigenvalue weighted by Gasteiger charge is 2.15. The van der Waals surface area contributed by atoms with E-state index in [-0.39, 0.29) is 42.8 Å². The van der Waals surface area contributed by atoms with Gasteiger partial charge in [-0.05, 0) is 26.3 Å². The molecular weight excluding hydrogens is 328 g/mol. The molecule has 0 N–H and O–H groups in total. The first-order valence-electron chi connectivity index (χ1n) is 8.29. The number of esters is 1. The van der Waals surface area contributed by atoms with Gasteiger partial charge in [0, 0.05) is 25.6 Å². The number of hydrogen-bond donors (Lipinski definition) is 0. The van der Waals surface area contributed by atoms with E-state index in [9.17, 15) is 19.7 Å². The minimum atomic E-state index is -0.505. The minimum Gasteiger partial charge on any atom is -0.487 e. The van der Waals surface area contributed by atoms with Gasteiger partial charge >= 0.3 is 11.7 Å². The zero-order chi connectivity index (χ0) is 18.7. The number of ether oxygens (including phenoxy) is 2. The Morgan fingerprint density at radius 2 is 1.92 bits per heavy atom. The van der Waals surface area contributed by atoms with Crippen LogP contribution in [0.5, 0.6) is 5.75 Å². The zero-order valence-corrected chi connectivity index (χ0v) is 14.6. The lowest BCUT2D eigenvalue weighted by molar-refractivity contribution is -0.385. The molecule has 0 saturated heterocycles. The van der Waals surface area contributed by atoms with Crippen LogP contribution in [0.15, 0.2) is 24.3 Å². The van der Waals surface area contributed by atoms with Crippen LogP contribution in [-0.4, -0.2) is 48.0 Å². The molecule has 0 saturated carbocycles. The summed E-state index contributed by atoms with van der Waals surface area (Å²) in [5.74, 6) is -0.221. The van der Waals surface area contributed by atoms with Crippen LogP contribution < -0.4 is 4.74 Å². The van der Waals surface area contributed by atoms with Crippen LogP contribution in [0.1, 0.15) is 33.1 Å². The molecule has 0 aliphatic carbocycles. The fourth-order valence-corrected chi connectivity index (χ4v) is 2.21. The number of benzene rings is 1. The number of carbonyl (C=O) groups is 2. The standard InChI is InChI=1S/C17H24N2O6/c1-3-18(12-11-17(21)24-4-2)16(20)10-7-13-25-15-9-6-5-8-14(15)19(22)23/h5-6,8-9H,3-4,7,10-13H2,1-2H3. The molecule has 1 aromatic carbocycles. The van der Waals surface area contributed by atoms with E-state index in [0.717, 1.165) is 0 Å². The number of nitrogens with zero attached hydrogens (tertiary/aromatic N) is 2. The molecule has 25 heavy (non-hydrogen) atoms. The third-order valence-electron chi connectivity index (χ3n) is 3.48. The van der Waals surface area contributed by atoms with Crippen molar-refractivity contribution in [1.82, 2.24) is 4.90 Å². The maximum atomic E-state index is 12.1. The van der Waals surface area contributed by atoms with Gasteiger partial charge in [-0.1, -0.05) is 12.1 Å². The number of rotatable bonds is 11. The van der Waals surface area contributed by atoms with Crippen molar-refractivity contribution in [1.29, 1.82) is 0 Å². The molecule has 0 bridgehead atoms. The van der Waals surface area contributed by atoms with Crippen LogP contribution in [0.3, 0.4) is 0 Å². The molecule has 8 heteroatoms. The molecule has 8 nitrogen and oxygen atoms in total. The lowest BCUT2D eigenvalue weighted by Gasteiger charge is -2.20. The molecule has 0 radical (unpaired) electrons. The van der Waals surface area contributed by atoms with Gasteiger partial charge in [-0.15, -0.1) is 0 Å². The van der Waals surface area contributed by atoms with Crippen molar-refractivity contribution in [2.75, 3.05) is 26.3 Å². The van der Waals surface area contributed by atoms with Crippen molar-refractivity contribution in [3.05, 3.63) is 34.4 Å². The highest BCUT2D eigenvalue weighted by atomic mass is 16.6. The predicted molar refractivity (Wildman–Crippen MR) is 91.3 cm³/mol. The molecule has 0 spiro atoms. The Morgan fingerprint density at radius 1 is 1.20 bits per heavy atom. The van der Waals surface area contributed by atoms with Gasteiger partial charge in [0.1, 0.15) is 0 Å². The van der Waals surface area contributed by atoms with Crippen LogP contribution >= 0.6 is 0 Å². The van der Waals surface area contributed by atoms with Gasteiger partial charge in [0.05, 0.1) is 24.6 Å². The molecule has 0 aliphatic heterocycles. The Balaban J connectivity index is 2.38. The maximum Gasteiger partial charge on any atom is 0.310 e. The quantitative estimate of drug-likeness (QED) is 0.263. The Bertz CT molecular complexity index is 590. The molecule has 1 aromatic rings. The van der Waals surface area contributed by atoms with Gasteiger partial charge < -0.3 is 14.4 Å². The summed E-state index contributed by atoms with van der Waals surface area (Å²) in [6.07, 6.45) is 0.845. The number of nitro benzene ring substituents is 1. The molecule has 0 unspecified atom stereocenters. The molecule has 138 valence electrons. The van der Waals surface area contributed by atoms with Crippen molar-refractivity contribution in [3.63, 3.8) is 0 Å². The molecule has 0 heterocycles. The van der Waals surface area contributed by atoms with Crippen LogP contribution in [0.25, 0.3) is 0 Å². The number of amides is 1. The fourth-order valence-electron chi connectivity index (χ4n) is 2.21. The largest absolute Gasteiger partial charge is 0.487 e. The fraction of sp³-hybridized carbons (Fsp3) is 0.529. The van der Waals surface area contributed by atoms with E-state index in [1.807, 2.05) is 6.92 Å².